The number of rotatable bonds is 4. The molecule has 3 rings (SSSR count). The molecule has 1 atom stereocenters. The minimum absolute atomic E-state index is 0.229. The largest absolute Gasteiger partial charge is 0.367 e. The van der Waals surface area contributed by atoms with Gasteiger partial charge in [-0.1, -0.05) is 30.8 Å². The summed E-state index contributed by atoms with van der Waals surface area (Å²) in [6.07, 6.45) is 9.23. The van der Waals surface area contributed by atoms with Crippen LogP contribution < -0.4 is 5.32 Å². The highest BCUT2D eigenvalue weighted by atomic mass is 16.5. The number of aromatic nitrogens is 2. The Bertz CT molecular complexity index is 415. The number of hydrogen-bond donors (Lipinski definition) is 1. The zero-order chi connectivity index (χ0) is 13.8. The van der Waals surface area contributed by atoms with E-state index in [1.807, 2.05) is 6.92 Å². The Morgan fingerprint density at radius 2 is 2.10 bits per heavy atom. The van der Waals surface area contributed by atoms with Crippen LogP contribution in [-0.2, 0) is 10.3 Å². The van der Waals surface area contributed by atoms with Crippen molar-refractivity contribution in [3.8, 4) is 0 Å². The van der Waals surface area contributed by atoms with Gasteiger partial charge in [-0.25, -0.2) is 0 Å². The molecule has 0 radical (unpaired) electrons. The average molecular weight is 279 g/mol. The maximum atomic E-state index is 6.05. The predicted molar refractivity (Wildman–Crippen MR) is 75.3 cm³/mol. The van der Waals surface area contributed by atoms with Gasteiger partial charge in [-0.3, -0.25) is 0 Å². The highest BCUT2D eigenvalue weighted by molar-refractivity contribution is 5.05. The number of ether oxygens (including phenoxy) is 1. The SMILES string of the molecule is CCOC1(c2noc([C@@H]3CCCCN3)n2)CCCCC1. The standard InChI is InChI=1S/C15H25N3O2/c1-2-19-15(9-5-3-6-10-15)14-17-13(20-18-14)12-8-4-7-11-16-12/h12,16H,2-11H2,1H3/t12-/m0/s1. The van der Waals surface area contributed by atoms with Crippen LogP contribution in [0, 0.1) is 0 Å². The topological polar surface area (TPSA) is 60.2 Å². The normalized spacial score (nSPS) is 26.6. The van der Waals surface area contributed by atoms with Gasteiger partial charge in [0.05, 0.1) is 6.04 Å². The Balaban J connectivity index is 1.79. The maximum Gasteiger partial charge on any atom is 0.243 e. The number of hydrogen-bond acceptors (Lipinski definition) is 5. The van der Waals surface area contributed by atoms with Crippen LogP contribution in [0.3, 0.4) is 0 Å². The fourth-order valence-electron chi connectivity index (χ4n) is 3.46. The first-order chi connectivity index (χ1) is 9.84. The zero-order valence-corrected chi connectivity index (χ0v) is 12.4. The van der Waals surface area contributed by atoms with E-state index in [4.69, 9.17) is 9.26 Å². The van der Waals surface area contributed by atoms with E-state index in [2.05, 4.69) is 15.5 Å². The predicted octanol–water partition coefficient (Wildman–Crippen LogP) is 3.08. The fourth-order valence-corrected chi connectivity index (χ4v) is 3.46. The van der Waals surface area contributed by atoms with E-state index in [1.54, 1.807) is 0 Å². The first-order valence-corrected chi connectivity index (χ1v) is 8.05. The molecule has 0 aromatic carbocycles. The van der Waals surface area contributed by atoms with Gasteiger partial charge in [0.1, 0.15) is 5.60 Å². The van der Waals surface area contributed by atoms with E-state index in [0.717, 1.165) is 37.5 Å². The van der Waals surface area contributed by atoms with Crippen LogP contribution in [0.5, 0.6) is 0 Å². The van der Waals surface area contributed by atoms with Crippen LogP contribution in [0.25, 0.3) is 0 Å². The molecule has 20 heavy (non-hydrogen) atoms. The van der Waals surface area contributed by atoms with Crippen molar-refractivity contribution in [1.82, 2.24) is 15.5 Å². The van der Waals surface area contributed by atoms with Gasteiger partial charge in [-0.15, -0.1) is 0 Å². The number of nitrogens with zero attached hydrogens (tertiary/aromatic N) is 2. The third-order valence-electron chi connectivity index (χ3n) is 4.54. The van der Waals surface area contributed by atoms with Gasteiger partial charge in [-0.2, -0.15) is 4.98 Å². The summed E-state index contributed by atoms with van der Waals surface area (Å²) in [7, 11) is 0. The lowest BCUT2D eigenvalue weighted by Gasteiger charge is -2.34. The second-order valence-electron chi connectivity index (χ2n) is 5.95. The summed E-state index contributed by atoms with van der Waals surface area (Å²) in [4.78, 5) is 4.68. The van der Waals surface area contributed by atoms with E-state index < -0.39 is 0 Å². The molecule has 2 fully saturated rings. The Morgan fingerprint density at radius 3 is 2.80 bits per heavy atom. The fraction of sp³-hybridized carbons (Fsp3) is 0.867. The van der Waals surface area contributed by atoms with E-state index in [0.29, 0.717) is 6.61 Å². The second-order valence-corrected chi connectivity index (χ2v) is 5.95. The van der Waals surface area contributed by atoms with Gasteiger partial charge < -0.3 is 14.6 Å². The Hall–Kier alpha value is -0.940. The van der Waals surface area contributed by atoms with Gasteiger partial charge in [-0.05, 0) is 39.2 Å². The molecule has 2 aliphatic rings. The van der Waals surface area contributed by atoms with Crippen LogP contribution in [0.15, 0.2) is 4.52 Å². The molecular formula is C15H25N3O2. The van der Waals surface area contributed by atoms with Crippen LogP contribution in [0.4, 0.5) is 0 Å². The van der Waals surface area contributed by atoms with E-state index in [-0.39, 0.29) is 11.6 Å². The Labute approximate surface area is 120 Å². The minimum atomic E-state index is -0.302. The lowest BCUT2D eigenvalue weighted by molar-refractivity contribution is -0.0777. The zero-order valence-electron chi connectivity index (χ0n) is 12.4. The molecule has 0 spiro atoms. The first kappa shape index (κ1) is 14.0. The van der Waals surface area contributed by atoms with Crippen molar-refractivity contribution < 1.29 is 9.26 Å². The van der Waals surface area contributed by atoms with Crippen LogP contribution in [0.1, 0.15) is 76.0 Å². The van der Waals surface area contributed by atoms with Crippen molar-refractivity contribution in [3.05, 3.63) is 11.7 Å². The average Bonchev–Trinajstić information content (AvgIpc) is 3.00. The summed E-state index contributed by atoms with van der Waals surface area (Å²) in [5.41, 5.74) is -0.302. The van der Waals surface area contributed by atoms with Crippen molar-refractivity contribution in [1.29, 1.82) is 0 Å². The summed E-state index contributed by atoms with van der Waals surface area (Å²) < 4.78 is 11.6. The summed E-state index contributed by atoms with van der Waals surface area (Å²) in [5, 5.41) is 7.71. The van der Waals surface area contributed by atoms with Gasteiger partial charge in [0.2, 0.25) is 11.7 Å². The molecule has 0 amide bonds. The van der Waals surface area contributed by atoms with Crippen LogP contribution >= 0.6 is 0 Å². The molecule has 0 unspecified atom stereocenters. The van der Waals surface area contributed by atoms with Crippen LogP contribution in [0.2, 0.25) is 0 Å². The summed E-state index contributed by atoms with van der Waals surface area (Å²) >= 11 is 0. The molecule has 1 aliphatic carbocycles. The van der Waals surface area contributed by atoms with Crippen molar-refractivity contribution in [2.45, 2.75) is 69.9 Å². The first-order valence-electron chi connectivity index (χ1n) is 8.05. The maximum absolute atomic E-state index is 6.05. The highest BCUT2D eigenvalue weighted by Gasteiger charge is 2.39. The van der Waals surface area contributed by atoms with Gasteiger partial charge in [0.25, 0.3) is 0 Å². The Kier molecular flexibility index (Phi) is 4.36. The van der Waals surface area contributed by atoms with Gasteiger partial charge in [0, 0.05) is 6.61 Å². The third kappa shape index (κ3) is 2.74. The molecule has 1 aromatic heterocycles. The quantitative estimate of drug-likeness (QED) is 0.917. The van der Waals surface area contributed by atoms with Crippen LogP contribution in [-0.4, -0.2) is 23.3 Å². The minimum Gasteiger partial charge on any atom is -0.367 e. The summed E-state index contributed by atoms with van der Waals surface area (Å²) in [6.45, 7) is 3.78. The van der Waals surface area contributed by atoms with Crippen molar-refractivity contribution in [2.24, 2.45) is 0 Å². The molecule has 1 N–H and O–H groups in total. The third-order valence-corrected chi connectivity index (χ3v) is 4.54. The van der Waals surface area contributed by atoms with Crippen molar-refractivity contribution in [2.75, 3.05) is 13.2 Å². The Morgan fingerprint density at radius 1 is 1.25 bits per heavy atom. The number of piperidine rings is 1. The molecular weight excluding hydrogens is 254 g/mol. The molecule has 1 aliphatic heterocycles. The molecule has 1 saturated heterocycles. The summed E-state index contributed by atoms with van der Waals surface area (Å²) in [6, 6.07) is 0.229. The molecule has 5 nitrogen and oxygen atoms in total. The molecule has 0 bridgehead atoms. The second kappa shape index (κ2) is 6.22. The van der Waals surface area contributed by atoms with Gasteiger partial charge in [0.15, 0.2) is 0 Å². The van der Waals surface area contributed by atoms with E-state index in [9.17, 15) is 0 Å². The molecule has 1 saturated carbocycles. The lowest BCUT2D eigenvalue weighted by Crippen LogP contribution is -2.34. The number of nitrogens with one attached hydrogen (secondary N) is 1. The smallest absolute Gasteiger partial charge is 0.243 e. The molecule has 1 aromatic rings. The van der Waals surface area contributed by atoms with Crippen molar-refractivity contribution >= 4 is 0 Å². The highest BCUT2D eigenvalue weighted by Crippen LogP contribution is 2.39. The van der Waals surface area contributed by atoms with E-state index in [1.165, 1.54) is 32.1 Å². The summed E-state index contributed by atoms with van der Waals surface area (Å²) in [5.74, 6) is 1.51. The van der Waals surface area contributed by atoms with Gasteiger partial charge >= 0.3 is 0 Å². The van der Waals surface area contributed by atoms with Crippen molar-refractivity contribution in [3.63, 3.8) is 0 Å². The molecule has 112 valence electrons. The van der Waals surface area contributed by atoms with E-state index >= 15 is 0 Å². The monoisotopic (exact) mass is 279 g/mol. The molecule has 2 heterocycles. The molecule has 5 heteroatoms. The lowest BCUT2D eigenvalue weighted by atomic mass is 9.84.